The Labute approximate surface area is 129 Å². The number of likely N-dealkylation sites (N-methyl/N-ethyl adjacent to an activating group) is 1. The molecule has 0 bridgehead atoms. The Balaban J connectivity index is 1.78. The van der Waals surface area contributed by atoms with Gasteiger partial charge in [0.25, 0.3) is 0 Å². The number of hydrogen-bond donors (Lipinski definition) is 1. The summed E-state index contributed by atoms with van der Waals surface area (Å²) in [7, 11) is 4.44. The number of nitrogens with zero attached hydrogens (tertiary/aromatic N) is 1. The zero-order chi connectivity index (χ0) is 15.1. The fourth-order valence-corrected chi connectivity index (χ4v) is 3.15. The molecule has 1 aromatic carbocycles. The molecule has 1 aromatic rings. The van der Waals surface area contributed by atoms with Crippen molar-refractivity contribution < 1.29 is 4.74 Å². The highest BCUT2D eigenvalue weighted by Crippen LogP contribution is 2.31. The van der Waals surface area contributed by atoms with Crippen LogP contribution in [0.15, 0.2) is 30.3 Å². The van der Waals surface area contributed by atoms with Crippen LogP contribution in [0.25, 0.3) is 0 Å². The normalized spacial score (nSPS) is 19.4. The van der Waals surface area contributed by atoms with Gasteiger partial charge < -0.3 is 15.0 Å². The highest BCUT2D eigenvalue weighted by atomic mass is 16.5. The van der Waals surface area contributed by atoms with E-state index in [-0.39, 0.29) is 0 Å². The maximum Gasteiger partial charge on any atom is 0.119 e. The van der Waals surface area contributed by atoms with Gasteiger partial charge in [0, 0.05) is 18.1 Å². The Morgan fingerprint density at radius 1 is 1.14 bits per heavy atom. The van der Waals surface area contributed by atoms with Crippen LogP contribution in [0.4, 0.5) is 0 Å². The molecule has 3 nitrogen and oxygen atoms in total. The molecule has 0 heterocycles. The Morgan fingerprint density at radius 2 is 1.81 bits per heavy atom. The van der Waals surface area contributed by atoms with E-state index in [4.69, 9.17) is 4.74 Å². The first-order valence-electron chi connectivity index (χ1n) is 8.21. The van der Waals surface area contributed by atoms with Gasteiger partial charge in [0.05, 0.1) is 0 Å². The second kappa shape index (κ2) is 7.81. The lowest BCUT2D eigenvalue weighted by Crippen LogP contribution is -2.54. The summed E-state index contributed by atoms with van der Waals surface area (Å²) >= 11 is 0. The lowest BCUT2D eigenvalue weighted by atomic mass is 9.80. The standard InChI is InChI=1S/C18H30N2O/c1-16(14-21-17-10-6-4-7-11-17)19-15-18(20(2)3)12-8-5-9-13-18/h4,6-7,10-11,16,19H,5,8-9,12-15H2,1-3H3. The molecule has 0 aliphatic heterocycles. The first-order valence-corrected chi connectivity index (χ1v) is 8.21. The summed E-state index contributed by atoms with van der Waals surface area (Å²) in [5.41, 5.74) is 0.333. The summed E-state index contributed by atoms with van der Waals surface area (Å²) in [5, 5.41) is 3.68. The van der Waals surface area contributed by atoms with Gasteiger partial charge in [-0.15, -0.1) is 0 Å². The Hall–Kier alpha value is -1.06. The summed E-state index contributed by atoms with van der Waals surface area (Å²) < 4.78 is 5.82. The summed E-state index contributed by atoms with van der Waals surface area (Å²) in [6, 6.07) is 10.4. The van der Waals surface area contributed by atoms with E-state index in [1.807, 2.05) is 30.3 Å². The third-order valence-corrected chi connectivity index (χ3v) is 4.76. The van der Waals surface area contributed by atoms with Crippen molar-refractivity contribution >= 4 is 0 Å². The molecule has 1 aliphatic rings. The highest BCUT2D eigenvalue weighted by Gasteiger charge is 2.34. The van der Waals surface area contributed by atoms with Crippen LogP contribution in [0.2, 0.25) is 0 Å². The van der Waals surface area contributed by atoms with E-state index in [0.29, 0.717) is 18.2 Å². The minimum atomic E-state index is 0.333. The fourth-order valence-electron chi connectivity index (χ4n) is 3.15. The Bertz CT molecular complexity index is 399. The molecule has 1 N–H and O–H groups in total. The van der Waals surface area contributed by atoms with E-state index in [9.17, 15) is 0 Å². The zero-order valence-corrected chi connectivity index (χ0v) is 13.8. The van der Waals surface area contributed by atoms with Crippen molar-refractivity contribution in [2.45, 2.75) is 50.6 Å². The largest absolute Gasteiger partial charge is 0.492 e. The second-order valence-corrected chi connectivity index (χ2v) is 6.59. The molecular weight excluding hydrogens is 260 g/mol. The first kappa shape index (κ1) is 16.3. The van der Waals surface area contributed by atoms with Crippen molar-refractivity contribution in [2.24, 2.45) is 0 Å². The van der Waals surface area contributed by atoms with Crippen molar-refractivity contribution in [3.63, 3.8) is 0 Å². The smallest absolute Gasteiger partial charge is 0.119 e. The number of para-hydroxylation sites is 1. The third kappa shape index (κ3) is 4.72. The molecule has 0 saturated heterocycles. The zero-order valence-electron chi connectivity index (χ0n) is 13.8. The molecule has 0 spiro atoms. The van der Waals surface area contributed by atoms with Crippen LogP contribution in [0.5, 0.6) is 5.75 Å². The van der Waals surface area contributed by atoms with Crippen LogP contribution in [0.3, 0.4) is 0 Å². The van der Waals surface area contributed by atoms with Crippen molar-refractivity contribution in [1.82, 2.24) is 10.2 Å². The van der Waals surface area contributed by atoms with Crippen LogP contribution < -0.4 is 10.1 Å². The number of benzene rings is 1. The van der Waals surface area contributed by atoms with E-state index >= 15 is 0 Å². The van der Waals surface area contributed by atoms with E-state index < -0.39 is 0 Å². The minimum Gasteiger partial charge on any atom is -0.492 e. The van der Waals surface area contributed by atoms with Crippen molar-refractivity contribution in [2.75, 3.05) is 27.2 Å². The van der Waals surface area contributed by atoms with Crippen LogP contribution in [-0.2, 0) is 0 Å². The van der Waals surface area contributed by atoms with Gasteiger partial charge in [-0.3, -0.25) is 0 Å². The van der Waals surface area contributed by atoms with E-state index in [1.54, 1.807) is 0 Å². The van der Waals surface area contributed by atoms with Crippen molar-refractivity contribution in [3.8, 4) is 5.75 Å². The molecule has 1 unspecified atom stereocenters. The summed E-state index contributed by atoms with van der Waals surface area (Å²) in [4.78, 5) is 2.42. The van der Waals surface area contributed by atoms with Crippen LogP contribution in [-0.4, -0.2) is 43.7 Å². The molecule has 1 saturated carbocycles. The molecule has 1 atom stereocenters. The average molecular weight is 290 g/mol. The van der Waals surface area contributed by atoms with Gasteiger partial charge in [-0.1, -0.05) is 37.5 Å². The van der Waals surface area contributed by atoms with Crippen LogP contribution >= 0.6 is 0 Å². The summed E-state index contributed by atoms with van der Waals surface area (Å²) in [5.74, 6) is 0.950. The van der Waals surface area contributed by atoms with Gasteiger partial charge in [0.15, 0.2) is 0 Å². The summed E-state index contributed by atoms with van der Waals surface area (Å²) in [6.45, 7) is 3.97. The third-order valence-electron chi connectivity index (χ3n) is 4.76. The molecule has 1 fully saturated rings. The van der Waals surface area contributed by atoms with Gasteiger partial charge in [-0.2, -0.15) is 0 Å². The van der Waals surface area contributed by atoms with Gasteiger partial charge in [-0.05, 0) is 46.0 Å². The molecule has 0 radical (unpaired) electrons. The lowest BCUT2D eigenvalue weighted by molar-refractivity contribution is 0.0929. The van der Waals surface area contributed by atoms with Gasteiger partial charge >= 0.3 is 0 Å². The predicted molar refractivity (Wildman–Crippen MR) is 88.9 cm³/mol. The first-order chi connectivity index (χ1) is 10.1. The predicted octanol–water partition coefficient (Wildman–Crippen LogP) is 3.31. The lowest BCUT2D eigenvalue weighted by Gasteiger charge is -2.43. The number of rotatable bonds is 7. The molecule has 0 aromatic heterocycles. The highest BCUT2D eigenvalue weighted by molar-refractivity contribution is 5.20. The van der Waals surface area contributed by atoms with E-state index in [0.717, 1.165) is 12.3 Å². The van der Waals surface area contributed by atoms with Crippen molar-refractivity contribution in [3.05, 3.63) is 30.3 Å². The molecule has 2 rings (SSSR count). The van der Waals surface area contributed by atoms with Crippen molar-refractivity contribution in [1.29, 1.82) is 0 Å². The molecule has 0 amide bonds. The molecular formula is C18H30N2O. The Kier molecular flexibility index (Phi) is 6.07. The van der Waals surface area contributed by atoms with Gasteiger partial charge in [-0.25, -0.2) is 0 Å². The van der Waals surface area contributed by atoms with Gasteiger partial charge in [0.2, 0.25) is 0 Å². The minimum absolute atomic E-state index is 0.333. The molecule has 118 valence electrons. The Morgan fingerprint density at radius 3 is 2.43 bits per heavy atom. The van der Waals surface area contributed by atoms with Gasteiger partial charge in [0.1, 0.15) is 12.4 Å². The average Bonchev–Trinajstić information content (AvgIpc) is 2.52. The number of hydrogen-bond acceptors (Lipinski definition) is 3. The maximum absolute atomic E-state index is 5.82. The topological polar surface area (TPSA) is 24.5 Å². The number of ether oxygens (including phenoxy) is 1. The maximum atomic E-state index is 5.82. The monoisotopic (exact) mass is 290 g/mol. The van der Waals surface area contributed by atoms with E-state index in [2.05, 4.69) is 31.2 Å². The van der Waals surface area contributed by atoms with Crippen LogP contribution in [0.1, 0.15) is 39.0 Å². The molecule has 21 heavy (non-hydrogen) atoms. The summed E-state index contributed by atoms with van der Waals surface area (Å²) in [6.07, 6.45) is 6.71. The SMILES string of the molecule is CC(COc1ccccc1)NCC1(N(C)C)CCCCC1. The number of nitrogens with one attached hydrogen (secondary N) is 1. The molecule has 1 aliphatic carbocycles. The molecule has 3 heteroatoms. The quantitative estimate of drug-likeness (QED) is 0.834. The fraction of sp³-hybridized carbons (Fsp3) is 0.667. The second-order valence-electron chi connectivity index (χ2n) is 6.59. The van der Waals surface area contributed by atoms with E-state index in [1.165, 1.54) is 32.1 Å². The van der Waals surface area contributed by atoms with Crippen LogP contribution in [0, 0.1) is 0 Å².